The molecule has 0 fully saturated rings. The number of benzene rings is 2. The van der Waals surface area contributed by atoms with E-state index in [1.54, 1.807) is 12.1 Å². The highest BCUT2D eigenvalue weighted by atomic mass is 35.5. The molecule has 2 amide bonds. The second-order valence-electron chi connectivity index (χ2n) is 6.36. The second kappa shape index (κ2) is 8.17. The third-order valence-corrected chi connectivity index (χ3v) is 4.42. The molecule has 0 radical (unpaired) electrons. The van der Waals surface area contributed by atoms with Gasteiger partial charge < -0.3 is 10.2 Å². The third kappa shape index (κ3) is 5.07. The van der Waals surface area contributed by atoms with Crippen molar-refractivity contribution in [3.8, 4) is 0 Å². The van der Waals surface area contributed by atoms with Crippen LogP contribution in [0.25, 0.3) is 0 Å². The average Bonchev–Trinajstić information content (AvgIpc) is 2.56. The maximum atomic E-state index is 12.3. The van der Waals surface area contributed by atoms with Crippen LogP contribution in [0, 0.1) is 6.92 Å². The van der Waals surface area contributed by atoms with E-state index < -0.39 is 0 Å². The Morgan fingerprint density at radius 2 is 1.76 bits per heavy atom. The monoisotopic (exact) mass is 358 g/mol. The van der Waals surface area contributed by atoms with Crippen molar-refractivity contribution < 1.29 is 9.59 Å². The molecular weight excluding hydrogens is 336 g/mol. The Morgan fingerprint density at radius 1 is 1.12 bits per heavy atom. The van der Waals surface area contributed by atoms with Crippen LogP contribution in [0.2, 0.25) is 5.02 Å². The van der Waals surface area contributed by atoms with E-state index in [0.29, 0.717) is 22.3 Å². The largest absolute Gasteiger partial charge is 0.324 e. The van der Waals surface area contributed by atoms with Crippen LogP contribution in [0.4, 0.5) is 11.4 Å². The molecule has 0 aliphatic rings. The standard InChI is InChI=1S/C20H23ClN2O2/c1-13(2)16-6-9-18(10-7-16)23(15(4)24)12-20(25)22-17-8-5-14(3)19(21)11-17/h5-11,13H,12H2,1-4H3,(H,22,25). The highest BCUT2D eigenvalue weighted by Gasteiger charge is 2.16. The lowest BCUT2D eigenvalue weighted by Gasteiger charge is -2.21. The number of hydrogen-bond acceptors (Lipinski definition) is 2. The van der Waals surface area contributed by atoms with Crippen molar-refractivity contribution in [1.82, 2.24) is 0 Å². The van der Waals surface area contributed by atoms with Gasteiger partial charge in [-0.25, -0.2) is 0 Å². The van der Waals surface area contributed by atoms with E-state index in [1.165, 1.54) is 17.4 Å². The van der Waals surface area contributed by atoms with Gasteiger partial charge in [0.25, 0.3) is 0 Å². The van der Waals surface area contributed by atoms with Crippen molar-refractivity contribution >= 4 is 34.8 Å². The molecule has 2 aromatic carbocycles. The van der Waals surface area contributed by atoms with E-state index >= 15 is 0 Å². The summed E-state index contributed by atoms with van der Waals surface area (Å²) in [4.78, 5) is 25.8. The molecule has 4 nitrogen and oxygen atoms in total. The van der Waals surface area contributed by atoms with Crippen molar-refractivity contribution in [2.75, 3.05) is 16.8 Å². The number of aryl methyl sites for hydroxylation is 1. The van der Waals surface area contributed by atoms with E-state index in [2.05, 4.69) is 19.2 Å². The van der Waals surface area contributed by atoms with Gasteiger partial charge in [-0.15, -0.1) is 0 Å². The van der Waals surface area contributed by atoms with Crippen molar-refractivity contribution in [2.24, 2.45) is 0 Å². The summed E-state index contributed by atoms with van der Waals surface area (Å²) in [5, 5.41) is 3.37. The zero-order valence-electron chi connectivity index (χ0n) is 15.0. The number of rotatable bonds is 5. The quantitative estimate of drug-likeness (QED) is 0.837. The number of carbonyl (C=O) groups is 2. The predicted molar refractivity (Wildman–Crippen MR) is 103 cm³/mol. The maximum absolute atomic E-state index is 12.3. The van der Waals surface area contributed by atoms with Crippen LogP contribution in [0.15, 0.2) is 42.5 Å². The van der Waals surface area contributed by atoms with Gasteiger partial charge in [-0.1, -0.05) is 43.6 Å². The van der Waals surface area contributed by atoms with Crippen LogP contribution in [-0.4, -0.2) is 18.4 Å². The highest BCUT2D eigenvalue weighted by Crippen LogP contribution is 2.22. The van der Waals surface area contributed by atoms with E-state index in [9.17, 15) is 9.59 Å². The fourth-order valence-corrected chi connectivity index (χ4v) is 2.62. The first kappa shape index (κ1) is 19.0. The Balaban J connectivity index is 2.11. The smallest absolute Gasteiger partial charge is 0.244 e. The second-order valence-corrected chi connectivity index (χ2v) is 6.77. The van der Waals surface area contributed by atoms with E-state index in [-0.39, 0.29) is 18.4 Å². The summed E-state index contributed by atoms with van der Waals surface area (Å²) in [6, 6.07) is 13.0. The van der Waals surface area contributed by atoms with Gasteiger partial charge in [0.05, 0.1) is 0 Å². The van der Waals surface area contributed by atoms with E-state index in [1.807, 2.05) is 37.3 Å². The zero-order valence-corrected chi connectivity index (χ0v) is 15.7. The van der Waals surface area contributed by atoms with Crippen LogP contribution < -0.4 is 10.2 Å². The molecule has 1 N–H and O–H groups in total. The summed E-state index contributed by atoms with van der Waals surface area (Å²) >= 11 is 6.07. The molecule has 0 aliphatic carbocycles. The Labute approximate surface area is 153 Å². The van der Waals surface area contributed by atoms with Crippen LogP contribution >= 0.6 is 11.6 Å². The minimum absolute atomic E-state index is 0.0537. The molecule has 0 spiro atoms. The Kier molecular flexibility index (Phi) is 6.21. The van der Waals surface area contributed by atoms with Gasteiger partial charge in [0, 0.05) is 23.3 Å². The number of amides is 2. The molecule has 2 rings (SSSR count). The molecule has 0 bridgehead atoms. The molecule has 132 valence electrons. The Bertz CT molecular complexity index is 770. The van der Waals surface area contributed by atoms with Crippen LogP contribution in [0.3, 0.4) is 0 Å². The predicted octanol–water partition coefficient (Wildman–Crippen LogP) is 4.76. The maximum Gasteiger partial charge on any atom is 0.244 e. The Hall–Kier alpha value is -2.33. The minimum atomic E-state index is -0.275. The van der Waals surface area contributed by atoms with Crippen LogP contribution in [-0.2, 0) is 9.59 Å². The van der Waals surface area contributed by atoms with Gasteiger partial charge in [-0.2, -0.15) is 0 Å². The topological polar surface area (TPSA) is 49.4 Å². The molecule has 0 heterocycles. The molecule has 0 aliphatic heterocycles. The van der Waals surface area contributed by atoms with Gasteiger partial charge >= 0.3 is 0 Å². The summed E-state index contributed by atoms with van der Waals surface area (Å²) in [6.07, 6.45) is 0. The Morgan fingerprint density at radius 3 is 2.28 bits per heavy atom. The van der Waals surface area contributed by atoms with Gasteiger partial charge in [0.1, 0.15) is 6.54 Å². The summed E-state index contributed by atoms with van der Waals surface area (Å²) in [7, 11) is 0. The summed E-state index contributed by atoms with van der Waals surface area (Å²) in [5.74, 6) is -0.0492. The molecule has 25 heavy (non-hydrogen) atoms. The molecular formula is C20H23ClN2O2. The normalized spacial score (nSPS) is 10.6. The molecule has 2 aromatic rings. The number of nitrogens with one attached hydrogen (secondary N) is 1. The van der Waals surface area contributed by atoms with Crippen LogP contribution in [0.5, 0.6) is 0 Å². The fourth-order valence-electron chi connectivity index (χ4n) is 2.44. The van der Waals surface area contributed by atoms with Crippen molar-refractivity contribution in [3.05, 3.63) is 58.6 Å². The van der Waals surface area contributed by atoms with E-state index in [4.69, 9.17) is 11.6 Å². The van der Waals surface area contributed by atoms with Crippen molar-refractivity contribution in [2.45, 2.75) is 33.6 Å². The van der Waals surface area contributed by atoms with Gasteiger partial charge in [-0.05, 0) is 48.2 Å². The molecule has 0 aromatic heterocycles. The first-order chi connectivity index (χ1) is 11.8. The number of nitrogens with zero attached hydrogens (tertiary/aromatic N) is 1. The lowest BCUT2D eigenvalue weighted by atomic mass is 10.0. The SMILES string of the molecule is CC(=O)N(CC(=O)Nc1ccc(C)c(Cl)c1)c1ccc(C(C)C)cc1. The molecule has 0 saturated carbocycles. The number of carbonyl (C=O) groups excluding carboxylic acids is 2. The molecule has 0 unspecified atom stereocenters. The lowest BCUT2D eigenvalue weighted by molar-refractivity contribution is -0.120. The first-order valence-corrected chi connectivity index (χ1v) is 8.59. The van der Waals surface area contributed by atoms with Gasteiger partial charge in [0.15, 0.2) is 0 Å². The number of halogens is 1. The number of anilines is 2. The third-order valence-electron chi connectivity index (χ3n) is 4.01. The number of hydrogen-bond donors (Lipinski definition) is 1. The molecule has 5 heteroatoms. The van der Waals surface area contributed by atoms with Crippen molar-refractivity contribution in [1.29, 1.82) is 0 Å². The summed E-state index contributed by atoms with van der Waals surface area (Å²) in [5.41, 5.74) is 3.44. The summed E-state index contributed by atoms with van der Waals surface area (Å²) in [6.45, 7) is 7.51. The summed E-state index contributed by atoms with van der Waals surface area (Å²) < 4.78 is 0. The van der Waals surface area contributed by atoms with Crippen LogP contribution in [0.1, 0.15) is 37.8 Å². The zero-order chi connectivity index (χ0) is 18.6. The average molecular weight is 359 g/mol. The van der Waals surface area contributed by atoms with Crippen molar-refractivity contribution in [3.63, 3.8) is 0 Å². The molecule has 0 atom stereocenters. The van der Waals surface area contributed by atoms with Gasteiger partial charge in [-0.3, -0.25) is 9.59 Å². The highest BCUT2D eigenvalue weighted by molar-refractivity contribution is 6.31. The fraction of sp³-hybridized carbons (Fsp3) is 0.300. The van der Waals surface area contributed by atoms with Gasteiger partial charge in [0.2, 0.25) is 11.8 Å². The minimum Gasteiger partial charge on any atom is -0.324 e. The lowest BCUT2D eigenvalue weighted by Crippen LogP contribution is -2.36. The van der Waals surface area contributed by atoms with E-state index in [0.717, 1.165) is 5.56 Å². The molecule has 0 saturated heterocycles. The first-order valence-electron chi connectivity index (χ1n) is 8.22.